The van der Waals surface area contributed by atoms with Crippen molar-refractivity contribution >= 4 is 70.1 Å². The molecule has 8 aromatic carbocycles. The maximum Gasteiger partial charge on any atom is 0.0555 e. The van der Waals surface area contributed by atoms with Gasteiger partial charge in [0.15, 0.2) is 0 Å². The highest BCUT2D eigenvalue weighted by molar-refractivity contribution is 7.26. The van der Waals surface area contributed by atoms with Gasteiger partial charge in [-0.05, 0) is 86.8 Å². The molecule has 0 atom stereocenters. The second-order valence-corrected chi connectivity index (χ2v) is 12.9. The number of rotatable bonds is 5. The molecule has 0 amide bonds. The Kier molecular flexibility index (Phi) is 6.40. The summed E-state index contributed by atoms with van der Waals surface area (Å²) < 4.78 is 2.60. The fourth-order valence-electron chi connectivity index (χ4n) is 6.79. The number of fused-ring (bicyclic) bond motifs is 5. The van der Waals surface area contributed by atoms with Crippen molar-refractivity contribution in [2.45, 2.75) is 0 Å². The van der Waals surface area contributed by atoms with E-state index in [0.717, 1.165) is 11.4 Å². The Labute approximate surface area is 272 Å². The average molecular weight is 604 g/mol. The van der Waals surface area contributed by atoms with Gasteiger partial charge in [0.05, 0.1) is 11.4 Å². The maximum absolute atomic E-state index is 2.45. The van der Waals surface area contributed by atoms with Gasteiger partial charge in [0.25, 0.3) is 0 Å². The van der Waals surface area contributed by atoms with Gasteiger partial charge in [0.2, 0.25) is 0 Å². The predicted octanol–water partition coefficient (Wildman–Crippen LogP) is 13.2. The van der Waals surface area contributed by atoms with Crippen LogP contribution in [0.2, 0.25) is 0 Å². The van der Waals surface area contributed by atoms with E-state index in [-0.39, 0.29) is 0 Å². The highest BCUT2D eigenvalue weighted by atomic mass is 32.1. The summed E-state index contributed by atoms with van der Waals surface area (Å²) in [6.07, 6.45) is 0. The minimum Gasteiger partial charge on any atom is -0.309 e. The molecule has 9 aromatic rings. The molecular weight excluding hydrogens is 575 g/mol. The van der Waals surface area contributed by atoms with Crippen LogP contribution < -0.4 is 4.90 Å². The molecule has 0 bridgehead atoms. The summed E-state index contributed by atoms with van der Waals surface area (Å²) in [6, 6.07) is 64.0. The zero-order chi connectivity index (χ0) is 30.5. The third-order valence-corrected chi connectivity index (χ3v) is 10.1. The molecular formula is C44H29NS. The molecule has 1 aromatic heterocycles. The molecule has 0 N–H and O–H groups in total. The van der Waals surface area contributed by atoms with Crippen LogP contribution in [0.15, 0.2) is 176 Å². The van der Waals surface area contributed by atoms with E-state index in [1.807, 2.05) is 11.3 Å². The summed E-state index contributed by atoms with van der Waals surface area (Å²) in [7, 11) is 0. The molecule has 0 aliphatic carbocycles. The van der Waals surface area contributed by atoms with Crippen molar-refractivity contribution in [1.82, 2.24) is 0 Å². The zero-order valence-corrected chi connectivity index (χ0v) is 25.9. The van der Waals surface area contributed by atoms with Crippen molar-refractivity contribution < 1.29 is 0 Å². The first-order valence-electron chi connectivity index (χ1n) is 15.7. The smallest absolute Gasteiger partial charge is 0.0555 e. The number of anilines is 3. The molecule has 0 unspecified atom stereocenters. The quantitative estimate of drug-likeness (QED) is 0.189. The lowest BCUT2D eigenvalue weighted by Crippen LogP contribution is -2.11. The van der Waals surface area contributed by atoms with Gasteiger partial charge in [0, 0.05) is 31.4 Å². The van der Waals surface area contributed by atoms with Crippen LogP contribution in [-0.2, 0) is 0 Å². The van der Waals surface area contributed by atoms with E-state index in [0.29, 0.717) is 0 Å². The zero-order valence-electron chi connectivity index (χ0n) is 25.1. The molecule has 0 fully saturated rings. The van der Waals surface area contributed by atoms with E-state index in [9.17, 15) is 0 Å². The van der Waals surface area contributed by atoms with Gasteiger partial charge in [-0.1, -0.05) is 127 Å². The summed E-state index contributed by atoms with van der Waals surface area (Å²) >= 11 is 1.87. The number of thiophene rings is 1. The van der Waals surface area contributed by atoms with Gasteiger partial charge in [-0.25, -0.2) is 0 Å². The molecule has 216 valence electrons. The van der Waals surface area contributed by atoms with E-state index >= 15 is 0 Å². The van der Waals surface area contributed by atoms with Gasteiger partial charge in [-0.3, -0.25) is 0 Å². The second kappa shape index (κ2) is 11.0. The van der Waals surface area contributed by atoms with Crippen LogP contribution in [0, 0.1) is 0 Å². The molecule has 46 heavy (non-hydrogen) atoms. The van der Waals surface area contributed by atoms with Crippen LogP contribution >= 0.6 is 11.3 Å². The van der Waals surface area contributed by atoms with Crippen molar-refractivity contribution in [2.24, 2.45) is 0 Å². The van der Waals surface area contributed by atoms with E-state index in [1.165, 1.54) is 69.7 Å². The van der Waals surface area contributed by atoms with Crippen LogP contribution in [0.4, 0.5) is 17.1 Å². The minimum absolute atomic E-state index is 1.13. The molecule has 0 saturated carbocycles. The summed E-state index contributed by atoms with van der Waals surface area (Å²) in [4.78, 5) is 2.45. The molecule has 2 heteroatoms. The Morgan fingerprint density at radius 2 is 1.00 bits per heavy atom. The summed E-state index contributed by atoms with van der Waals surface area (Å²) in [6.45, 7) is 0. The first-order chi connectivity index (χ1) is 22.8. The number of benzene rings is 8. The molecule has 0 spiro atoms. The number of hydrogen-bond donors (Lipinski definition) is 0. The number of nitrogens with zero attached hydrogens (tertiary/aromatic N) is 1. The average Bonchev–Trinajstić information content (AvgIpc) is 3.49. The Morgan fingerprint density at radius 3 is 1.80 bits per heavy atom. The Hall–Kier alpha value is -5.70. The summed E-state index contributed by atoms with van der Waals surface area (Å²) in [5.41, 5.74) is 8.28. The lowest BCUT2D eigenvalue weighted by Gasteiger charge is -2.29. The largest absolute Gasteiger partial charge is 0.309 e. The van der Waals surface area contributed by atoms with Crippen molar-refractivity contribution in [2.75, 3.05) is 4.90 Å². The number of hydrogen-bond acceptors (Lipinski definition) is 2. The first kappa shape index (κ1) is 26.7. The lowest BCUT2D eigenvalue weighted by atomic mass is 9.99. The predicted molar refractivity (Wildman–Crippen MR) is 200 cm³/mol. The van der Waals surface area contributed by atoms with Gasteiger partial charge >= 0.3 is 0 Å². The van der Waals surface area contributed by atoms with E-state index < -0.39 is 0 Å². The topological polar surface area (TPSA) is 3.24 Å². The van der Waals surface area contributed by atoms with Crippen LogP contribution in [-0.4, -0.2) is 0 Å². The second-order valence-electron chi connectivity index (χ2n) is 11.8. The van der Waals surface area contributed by atoms with Crippen molar-refractivity contribution in [3.63, 3.8) is 0 Å². The first-order valence-corrected chi connectivity index (χ1v) is 16.5. The van der Waals surface area contributed by atoms with Gasteiger partial charge in [-0.15, -0.1) is 11.3 Å². The monoisotopic (exact) mass is 603 g/mol. The Balaban J connectivity index is 1.27. The molecule has 9 rings (SSSR count). The highest BCUT2D eigenvalue weighted by Crippen LogP contribution is 2.48. The maximum atomic E-state index is 2.45. The van der Waals surface area contributed by atoms with Crippen molar-refractivity contribution in [3.8, 4) is 22.3 Å². The van der Waals surface area contributed by atoms with Crippen molar-refractivity contribution in [1.29, 1.82) is 0 Å². The van der Waals surface area contributed by atoms with Crippen LogP contribution in [0.1, 0.15) is 0 Å². The SMILES string of the molecule is c1ccc(-c2ccccc2N(c2ccc(-c3ccc4ccccc4c3)cc2)c2cccc3sc4cc5ccccc5cc4c23)cc1. The van der Waals surface area contributed by atoms with Gasteiger partial charge in [-0.2, -0.15) is 0 Å². The van der Waals surface area contributed by atoms with E-state index in [4.69, 9.17) is 0 Å². The standard InChI is InChI=1S/C44H29NS/c1-2-12-32(13-3-1)38-17-8-9-18-40(38)45(37-25-23-31(24-26-37)36-22-21-30-11-4-5-14-33(30)27-36)41-19-10-20-42-44(41)39-28-34-15-6-7-16-35(34)29-43(39)46-42/h1-29H. The van der Waals surface area contributed by atoms with Gasteiger partial charge < -0.3 is 4.90 Å². The molecule has 1 nitrogen and oxygen atoms in total. The van der Waals surface area contributed by atoms with E-state index in [1.54, 1.807) is 0 Å². The minimum atomic E-state index is 1.13. The third-order valence-electron chi connectivity index (χ3n) is 9.02. The summed E-state index contributed by atoms with van der Waals surface area (Å²) in [5.74, 6) is 0. The lowest BCUT2D eigenvalue weighted by molar-refractivity contribution is 1.30. The van der Waals surface area contributed by atoms with Crippen LogP contribution in [0.25, 0.3) is 64.0 Å². The van der Waals surface area contributed by atoms with E-state index in [2.05, 4.69) is 181 Å². The Morgan fingerprint density at radius 1 is 0.370 bits per heavy atom. The molecule has 0 radical (unpaired) electrons. The summed E-state index contributed by atoms with van der Waals surface area (Å²) in [5, 5.41) is 7.64. The normalized spacial score (nSPS) is 11.5. The molecule has 0 saturated heterocycles. The molecule has 0 aliphatic rings. The molecule has 0 aliphatic heterocycles. The van der Waals surface area contributed by atoms with Crippen molar-refractivity contribution in [3.05, 3.63) is 176 Å². The third kappa shape index (κ3) is 4.54. The number of para-hydroxylation sites is 1. The Bertz CT molecular complexity index is 2530. The fourth-order valence-corrected chi connectivity index (χ4v) is 7.95. The van der Waals surface area contributed by atoms with Crippen LogP contribution in [0.5, 0.6) is 0 Å². The highest BCUT2D eigenvalue weighted by Gasteiger charge is 2.21. The fraction of sp³-hybridized carbons (Fsp3) is 0. The van der Waals surface area contributed by atoms with Gasteiger partial charge in [0.1, 0.15) is 0 Å². The van der Waals surface area contributed by atoms with Crippen LogP contribution in [0.3, 0.4) is 0 Å². The molecule has 1 heterocycles.